The van der Waals surface area contributed by atoms with Crippen LogP contribution in [-0.2, 0) is 0 Å². The Morgan fingerprint density at radius 3 is 1.38 bits per heavy atom. The molecule has 7 rings (SSSR count). The summed E-state index contributed by atoms with van der Waals surface area (Å²) in [5, 5.41) is 7.62. The number of anilines is 2. The smallest absolute Gasteiger partial charge is 0.264 e. The van der Waals surface area contributed by atoms with Crippen LogP contribution in [-0.4, -0.2) is 21.6 Å². The molecule has 0 aliphatic carbocycles. The lowest BCUT2D eigenvalue weighted by atomic mass is 9.98. The number of hydrogen-bond acceptors (Lipinski definition) is 2. The highest BCUT2D eigenvalue weighted by Gasteiger charge is 2.44. The highest BCUT2D eigenvalue weighted by Crippen LogP contribution is 2.44. The fourth-order valence-electron chi connectivity index (χ4n) is 5.14. The Labute approximate surface area is 186 Å². The largest absolute Gasteiger partial charge is 0.323 e. The van der Waals surface area contributed by atoms with Crippen molar-refractivity contribution >= 4 is 35.2 Å². The topological polar surface area (TPSA) is 30.1 Å². The van der Waals surface area contributed by atoms with E-state index in [-0.39, 0.29) is 12.3 Å². The van der Waals surface area contributed by atoms with Crippen LogP contribution in [0.2, 0.25) is 0 Å². The van der Waals surface area contributed by atoms with Crippen molar-refractivity contribution in [2.75, 3.05) is 10.6 Å². The van der Waals surface area contributed by atoms with Crippen LogP contribution in [0.4, 0.5) is 22.7 Å². The van der Waals surface area contributed by atoms with Gasteiger partial charge in [-0.2, -0.15) is 9.15 Å². The second-order valence-electron chi connectivity index (χ2n) is 8.46. The van der Waals surface area contributed by atoms with Crippen molar-refractivity contribution in [3.8, 4) is 0 Å². The van der Waals surface area contributed by atoms with Crippen molar-refractivity contribution in [3.63, 3.8) is 0 Å². The van der Waals surface area contributed by atoms with Gasteiger partial charge >= 0.3 is 0 Å². The van der Waals surface area contributed by atoms with E-state index >= 15 is 0 Å². The van der Waals surface area contributed by atoms with Crippen molar-refractivity contribution in [2.45, 2.75) is 12.3 Å². The van der Waals surface area contributed by atoms with Crippen molar-refractivity contribution in [2.24, 2.45) is 0 Å². The van der Waals surface area contributed by atoms with E-state index < -0.39 is 0 Å². The quantitative estimate of drug-likeness (QED) is 0.358. The van der Waals surface area contributed by atoms with Crippen molar-refractivity contribution < 1.29 is 9.15 Å². The molecule has 3 aliphatic heterocycles. The predicted octanol–water partition coefficient (Wildman–Crippen LogP) is 5.77. The van der Waals surface area contributed by atoms with Crippen LogP contribution in [0.25, 0.3) is 0 Å². The minimum atomic E-state index is -0.00577. The Hall–Kier alpha value is -4.18. The first-order chi connectivity index (χ1) is 15.9. The summed E-state index contributed by atoms with van der Waals surface area (Å²) in [7, 11) is 0. The number of hydrogen-bond donors (Lipinski definition) is 2. The van der Waals surface area contributed by atoms with E-state index in [1.165, 1.54) is 33.6 Å². The summed E-state index contributed by atoms with van der Waals surface area (Å²) in [6.07, 6.45) is 4.55. The van der Waals surface area contributed by atoms with Crippen molar-refractivity contribution in [1.29, 1.82) is 0 Å². The van der Waals surface area contributed by atoms with Crippen LogP contribution >= 0.6 is 0 Å². The fourth-order valence-corrected chi connectivity index (χ4v) is 5.14. The van der Waals surface area contributed by atoms with E-state index in [1.54, 1.807) is 0 Å². The molecule has 2 unspecified atom stereocenters. The number of nitrogens with zero attached hydrogens (tertiary/aromatic N) is 2. The van der Waals surface area contributed by atoms with Gasteiger partial charge in [-0.1, -0.05) is 48.5 Å². The molecule has 0 bridgehead atoms. The molecule has 4 heteroatoms. The average Bonchev–Trinajstić information content (AvgIpc) is 2.86. The zero-order valence-electron chi connectivity index (χ0n) is 17.4. The molecule has 32 heavy (non-hydrogen) atoms. The van der Waals surface area contributed by atoms with Gasteiger partial charge in [-0.3, -0.25) is 0 Å². The second-order valence-corrected chi connectivity index (χ2v) is 8.46. The standard InChI is InChI=1S/C28H20N4/c1-5-13-23-19(9-1)17-31-25-15-7-3-11-21(25)28-30-24-14-6-2-10-20(24)18-32(28)26-16-8-4-12-22(26)27(31)29-23/h1-18,27-28H/p+2. The van der Waals surface area contributed by atoms with Gasteiger partial charge in [-0.05, 0) is 36.4 Å². The fraction of sp³-hybridized carbons (Fsp3) is 0.0714. The first-order valence-electron chi connectivity index (χ1n) is 11.0. The summed E-state index contributed by atoms with van der Waals surface area (Å²) in [5.74, 6) is 0. The van der Waals surface area contributed by atoms with Gasteiger partial charge in [-0.25, -0.2) is 0 Å². The number of benzene rings is 4. The van der Waals surface area contributed by atoms with Crippen LogP contribution in [0.3, 0.4) is 0 Å². The van der Waals surface area contributed by atoms with Crippen LogP contribution < -0.4 is 10.6 Å². The third-order valence-corrected chi connectivity index (χ3v) is 6.64. The third kappa shape index (κ3) is 2.50. The highest BCUT2D eigenvalue weighted by molar-refractivity contribution is 5.89. The maximum atomic E-state index is 3.81. The van der Waals surface area contributed by atoms with Crippen LogP contribution in [0.15, 0.2) is 97.1 Å². The first-order valence-corrected chi connectivity index (χ1v) is 11.0. The van der Waals surface area contributed by atoms with E-state index in [9.17, 15) is 0 Å². The summed E-state index contributed by atoms with van der Waals surface area (Å²) in [4.78, 5) is 0. The van der Waals surface area contributed by atoms with Gasteiger partial charge in [0.1, 0.15) is 11.1 Å². The first kappa shape index (κ1) is 17.5. The van der Waals surface area contributed by atoms with E-state index in [4.69, 9.17) is 0 Å². The monoisotopic (exact) mass is 414 g/mol. The minimum absolute atomic E-state index is 0.00577. The van der Waals surface area contributed by atoms with E-state index in [0.717, 1.165) is 11.4 Å². The molecule has 152 valence electrons. The predicted molar refractivity (Wildman–Crippen MR) is 129 cm³/mol. The zero-order chi connectivity index (χ0) is 21.1. The lowest BCUT2D eigenvalue weighted by Gasteiger charge is -2.30. The molecule has 0 amide bonds. The molecule has 2 atom stereocenters. The third-order valence-electron chi connectivity index (χ3n) is 6.64. The summed E-state index contributed by atoms with van der Waals surface area (Å²) < 4.78 is 4.77. The SMILES string of the molecule is C1=[N+]2c3ccccc3C3Nc4ccccc4C=[N+]3c3ccccc3C2Nc2ccccc21. The molecule has 0 fully saturated rings. The molecule has 3 aliphatic rings. The molecule has 4 aromatic rings. The Kier molecular flexibility index (Phi) is 3.64. The van der Waals surface area contributed by atoms with Gasteiger partial charge in [0.2, 0.25) is 11.4 Å². The van der Waals surface area contributed by atoms with E-state index in [0.29, 0.717) is 0 Å². The lowest BCUT2D eigenvalue weighted by molar-refractivity contribution is -0.511. The summed E-state index contributed by atoms with van der Waals surface area (Å²) in [5.41, 5.74) is 9.59. The number of para-hydroxylation sites is 4. The molecule has 0 saturated carbocycles. The molecule has 0 radical (unpaired) electrons. The second kappa shape index (κ2) is 6.66. The molecule has 3 heterocycles. The highest BCUT2D eigenvalue weighted by atomic mass is 15.3. The van der Waals surface area contributed by atoms with Gasteiger partial charge < -0.3 is 10.6 Å². The zero-order valence-corrected chi connectivity index (χ0v) is 17.4. The van der Waals surface area contributed by atoms with Crippen LogP contribution in [0, 0.1) is 0 Å². The molecule has 4 aromatic carbocycles. The van der Waals surface area contributed by atoms with E-state index in [2.05, 4.69) is 129 Å². The van der Waals surface area contributed by atoms with Crippen molar-refractivity contribution in [1.82, 2.24) is 0 Å². The van der Waals surface area contributed by atoms with Gasteiger partial charge in [0, 0.05) is 12.1 Å². The maximum absolute atomic E-state index is 3.81. The minimum Gasteiger partial charge on any atom is -0.323 e. The number of rotatable bonds is 0. The molecular weight excluding hydrogens is 392 g/mol. The molecule has 0 spiro atoms. The van der Waals surface area contributed by atoms with Crippen LogP contribution in [0.5, 0.6) is 0 Å². The number of nitrogens with one attached hydrogen (secondary N) is 2. The average molecular weight is 415 g/mol. The van der Waals surface area contributed by atoms with Gasteiger partial charge in [0.05, 0.1) is 22.5 Å². The Morgan fingerprint density at radius 2 is 0.875 bits per heavy atom. The lowest BCUT2D eigenvalue weighted by Crippen LogP contribution is -2.35. The Bertz CT molecular complexity index is 1340. The molecular formula is C28H22N4+2. The Morgan fingerprint density at radius 1 is 0.469 bits per heavy atom. The molecule has 4 nitrogen and oxygen atoms in total. The van der Waals surface area contributed by atoms with Gasteiger partial charge in [0.25, 0.3) is 12.3 Å². The van der Waals surface area contributed by atoms with Gasteiger partial charge in [-0.15, -0.1) is 0 Å². The maximum Gasteiger partial charge on any atom is 0.264 e. The molecule has 2 N–H and O–H groups in total. The molecule has 0 aromatic heterocycles. The summed E-state index contributed by atoms with van der Waals surface area (Å²) in [6.45, 7) is 0. The van der Waals surface area contributed by atoms with Gasteiger partial charge in [0.15, 0.2) is 12.4 Å². The summed E-state index contributed by atoms with van der Waals surface area (Å²) >= 11 is 0. The Balaban J connectivity index is 1.56. The van der Waals surface area contributed by atoms with Crippen molar-refractivity contribution in [3.05, 3.63) is 119 Å². The van der Waals surface area contributed by atoms with E-state index in [1.807, 2.05) is 0 Å². The molecule has 0 saturated heterocycles. The normalized spacial score (nSPS) is 19.5. The van der Waals surface area contributed by atoms with Crippen LogP contribution in [0.1, 0.15) is 34.6 Å². The summed E-state index contributed by atoms with van der Waals surface area (Å²) in [6, 6.07) is 34.5. The number of fused-ring (bicyclic) bond motifs is 10.